The Balaban J connectivity index is 0.00000169. The van der Waals surface area contributed by atoms with E-state index in [2.05, 4.69) is 11.1 Å². The van der Waals surface area contributed by atoms with E-state index in [9.17, 15) is 18.0 Å². The summed E-state index contributed by atoms with van der Waals surface area (Å²) in [6.45, 7) is 0. The van der Waals surface area contributed by atoms with Gasteiger partial charge in [0.1, 0.15) is 0 Å². The molecule has 0 spiro atoms. The molecule has 0 aromatic carbocycles. The SMILES string of the molecule is Cl.NC1CC1NC(=O)C(N)C(F)(F)F. The largest absolute Gasteiger partial charge is 0.412 e. The van der Waals surface area contributed by atoms with Gasteiger partial charge in [-0.2, -0.15) is 13.2 Å². The maximum atomic E-state index is 11.9. The lowest BCUT2D eigenvalue weighted by Gasteiger charge is -2.14. The van der Waals surface area contributed by atoms with E-state index < -0.39 is 18.1 Å². The number of hydrogen-bond donors (Lipinski definition) is 3. The molecule has 3 atom stereocenters. The summed E-state index contributed by atoms with van der Waals surface area (Å²) in [6, 6.07) is -3.04. The molecule has 3 unspecified atom stereocenters. The van der Waals surface area contributed by atoms with Crippen LogP contribution in [-0.2, 0) is 4.79 Å². The summed E-state index contributed by atoms with van der Waals surface area (Å²) >= 11 is 0. The fourth-order valence-electron chi connectivity index (χ4n) is 0.802. The van der Waals surface area contributed by atoms with Gasteiger partial charge in [-0.05, 0) is 6.42 Å². The Morgan fingerprint density at radius 1 is 1.50 bits per heavy atom. The Bertz CT molecular complexity index is 223. The van der Waals surface area contributed by atoms with Crippen LogP contribution in [0.3, 0.4) is 0 Å². The van der Waals surface area contributed by atoms with Gasteiger partial charge in [0, 0.05) is 12.1 Å². The molecule has 5 N–H and O–H groups in total. The molecule has 0 bridgehead atoms. The topological polar surface area (TPSA) is 81.1 Å². The molecule has 1 rings (SSSR count). The zero-order valence-electron chi connectivity index (χ0n) is 7.04. The van der Waals surface area contributed by atoms with Gasteiger partial charge in [0.2, 0.25) is 5.91 Å². The first-order valence-electron chi connectivity index (χ1n) is 3.70. The molecule has 0 saturated heterocycles. The first-order valence-corrected chi connectivity index (χ1v) is 3.70. The summed E-state index contributed by atoms with van der Waals surface area (Å²) in [4.78, 5) is 10.8. The average molecular weight is 234 g/mol. The van der Waals surface area contributed by atoms with Crippen molar-refractivity contribution in [3.05, 3.63) is 0 Å². The molecule has 0 aromatic heterocycles. The van der Waals surface area contributed by atoms with Crippen LogP contribution >= 0.6 is 12.4 Å². The lowest BCUT2D eigenvalue weighted by Crippen LogP contribution is -2.51. The van der Waals surface area contributed by atoms with E-state index in [1.165, 1.54) is 0 Å². The molecule has 0 radical (unpaired) electrons. The van der Waals surface area contributed by atoms with Crippen molar-refractivity contribution < 1.29 is 18.0 Å². The minimum absolute atomic E-state index is 0. The molecule has 1 amide bonds. The summed E-state index contributed by atoms with van der Waals surface area (Å²) < 4.78 is 35.6. The highest BCUT2D eigenvalue weighted by atomic mass is 35.5. The Kier molecular flexibility index (Phi) is 4.16. The molecule has 8 heteroatoms. The van der Waals surface area contributed by atoms with Crippen molar-refractivity contribution in [2.45, 2.75) is 30.7 Å². The Labute approximate surface area is 84.6 Å². The minimum atomic E-state index is -4.69. The fourth-order valence-corrected chi connectivity index (χ4v) is 0.802. The predicted molar refractivity (Wildman–Crippen MR) is 45.8 cm³/mol. The first kappa shape index (κ1) is 13.5. The van der Waals surface area contributed by atoms with E-state index in [0.29, 0.717) is 6.42 Å². The molecule has 14 heavy (non-hydrogen) atoms. The van der Waals surface area contributed by atoms with E-state index in [4.69, 9.17) is 5.73 Å². The standard InChI is InChI=1S/C6H10F3N3O.ClH/c7-6(8,9)4(11)5(13)12-3-1-2(3)10;/h2-4H,1,10-11H2,(H,12,13);1H. The molecule has 1 saturated carbocycles. The molecule has 4 nitrogen and oxygen atoms in total. The minimum Gasteiger partial charge on any atom is -0.350 e. The van der Waals surface area contributed by atoms with E-state index in [1.807, 2.05) is 0 Å². The van der Waals surface area contributed by atoms with Crippen LogP contribution in [-0.4, -0.2) is 30.2 Å². The predicted octanol–water partition coefficient (Wildman–Crippen LogP) is -0.486. The third-order valence-electron chi connectivity index (χ3n) is 1.80. The van der Waals surface area contributed by atoms with E-state index in [0.717, 1.165) is 0 Å². The van der Waals surface area contributed by atoms with Crippen molar-refractivity contribution in [3.63, 3.8) is 0 Å². The van der Waals surface area contributed by atoms with Gasteiger partial charge in [-0.15, -0.1) is 12.4 Å². The number of nitrogens with one attached hydrogen (secondary N) is 1. The van der Waals surface area contributed by atoms with Crippen LogP contribution in [0.5, 0.6) is 0 Å². The van der Waals surface area contributed by atoms with Crippen LogP contribution in [0.15, 0.2) is 0 Å². The van der Waals surface area contributed by atoms with E-state index in [1.54, 1.807) is 0 Å². The molecule has 1 aliphatic rings. The Morgan fingerprint density at radius 2 is 1.93 bits per heavy atom. The highest BCUT2D eigenvalue weighted by molar-refractivity contribution is 5.85. The van der Waals surface area contributed by atoms with E-state index >= 15 is 0 Å². The van der Waals surface area contributed by atoms with Gasteiger partial charge in [-0.1, -0.05) is 0 Å². The van der Waals surface area contributed by atoms with Gasteiger partial charge in [0.15, 0.2) is 6.04 Å². The van der Waals surface area contributed by atoms with Crippen LogP contribution < -0.4 is 16.8 Å². The van der Waals surface area contributed by atoms with Crippen molar-refractivity contribution >= 4 is 18.3 Å². The molecular weight excluding hydrogens is 223 g/mol. The highest BCUT2D eigenvalue weighted by Gasteiger charge is 2.44. The number of nitrogens with two attached hydrogens (primary N) is 2. The Morgan fingerprint density at radius 3 is 2.21 bits per heavy atom. The van der Waals surface area contributed by atoms with Crippen LogP contribution in [0.2, 0.25) is 0 Å². The van der Waals surface area contributed by atoms with Crippen molar-refractivity contribution in [1.82, 2.24) is 5.32 Å². The average Bonchev–Trinajstić information content (AvgIpc) is 2.63. The highest BCUT2D eigenvalue weighted by Crippen LogP contribution is 2.21. The summed E-state index contributed by atoms with van der Waals surface area (Å²) in [7, 11) is 0. The first-order chi connectivity index (χ1) is 5.82. The number of alkyl halides is 3. The number of rotatable bonds is 2. The maximum absolute atomic E-state index is 11.9. The second kappa shape index (κ2) is 4.33. The van der Waals surface area contributed by atoms with Gasteiger partial charge >= 0.3 is 6.18 Å². The lowest BCUT2D eigenvalue weighted by molar-refractivity contribution is -0.162. The summed E-state index contributed by atoms with van der Waals surface area (Å²) in [5, 5.41) is 2.10. The normalized spacial score (nSPS) is 27.5. The Hall–Kier alpha value is -0.530. The molecule has 1 fully saturated rings. The van der Waals surface area contributed by atoms with Gasteiger partial charge in [0.05, 0.1) is 0 Å². The van der Waals surface area contributed by atoms with Crippen molar-refractivity contribution in [2.75, 3.05) is 0 Å². The summed E-state index contributed by atoms with van der Waals surface area (Å²) in [6.07, 6.45) is -4.18. The molecule has 0 aliphatic heterocycles. The second-order valence-electron chi connectivity index (χ2n) is 3.03. The maximum Gasteiger partial charge on any atom is 0.412 e. The van der Waals surface area contributed by atoms with Crippen LogP contribution in [0.4, 0.5) is 13.2 Å². The third kappa shape index (κ3) is 3.32. The number of carbonyl (C=O) groups excluding carboxylic acids is 1. The lowest BCUT2D eigenvalue weighted by atomic mass is 10.3. The molecule has 84 valence electrons. The van der Waals surface area contributed by atoms with Crippen LogP contribution in [0.1, 0.15) is 6.42 Å². The van der Waals surface area contributed by atoms with Gasteiger partial charge in [-0.25, -0.2) is 0 Å². The van der Waals surface area contributed by atoms with Gasteiger partial charge < -0.3 is 16.8 Å². The smallest absolute Gasteiger partial charge is 0.350 e. The molecule has 0 heterocycles. The van der Waals surface area contributed by atoms with E-state index in [-0.39, 0.29) is 24.5 Å². The summed E-state index contributed by atoms with van der Waals surface area (Å²) in [5.41, 5.74) is 9.93. The number of amides is 1. The molecular formula is C6H11ClF3N3O. The molecule has 0 aromatic rings. The third-order valence-corrected chi connectivity index (χ3v) is 1.80. The monoisotopic (exact) mass is 233 g/mol. The van der Waals surface area contributed by atoms with Gasteiger partial charge in [0.25, 0.3) is 0 Å². The summed E-state index contributed by atoms with van der Waals surface area (Å²) in [5.74, 6) is -1.22. The van der Waals surface area contributed by atoms with Crippen molar-refractivity contribution in [1.29, 1.82) is 0 Å². The number of carbonyl (C=O) groups is 1. The quantitative estimate of drug-likeness (QED) is 0.602. The molecule has 1 aliphatic carbocycles. The fraction of sp³-hybridized carbons (Fsp3) is 0.833. The van der Waals surface area contributed by atoms with Crippen LogP contribution in [0.25, 0.3) is 0 Å². The van der Waals surface area contributed by atoms with Crippen molar-refractivity contribution in [2.24, 2.45) is 11.5 Å². The van der Waals surface area contributed by atoms with Gasteiger partial charge in [-0.3, -0.25) is 4.79 Å². The zero-order valence-corrected chi connectivity index (χ0v) is 7.86. The zero-order chi connectivity index (χ0) is 10.2. The van der Waals surface area contributed by atoms with Crippen LogP contribution in [0, 0.1) is 0 Å². The number of halogens is 4. The van der Waals surface area contributed by atoms with Crippen molar-refractivity contribution in [3.8, 4) is 0 Å². The number of hydrogen-bond acceptors (Lipinski definition) is 3. The second-order valence-corrected chi connectivity index (χ2v) is 3.03.